The van der Waals surface area contributed by atoms with E-state index >= 15 is 0 Å². The van der Waals surface area contributed by atoms with Gasteiger partial charge in [0, 0.05) is 19.4 Å². The minimum atomic E-state index is -0.737. The Morgan fingerprint density at radius 1 is 0.906 bits per heavy atom. The maximum absolute atomic E-state index is 12.3. The Morgan fingerprint density at radius 2 is 1.50 bits per heavy atom. The first-order valence-corrected chi connectivity index (χ1v) is 10.7. The van der Waals surface area contributed by atoms with Crippen molar-refractivity contribution in [3.8, 4) is 11.5 Å². The second-order valence-corrected chi connectivity index (χ2v) is 7.53. The normalized spacial score (nSPS) is 12.6. The van der Waals surface area contributed by atoms with Crippen molar-refractivity contribution in [2.24, 2.45) is 5.92 Å². The Kier molecular flexibility index (Phi) is 11.4. The van der Waals surface area contributed by atoms with Crippen LogP contribution in [0, 0.1) is 5.92 Å². The van der Waals surface area contributed by atoms with Crippen LogP contribution in [0.4, 0.5) is 0 Å². The predicted octanol–water partition coefficient (Wildman–Crippen LogP) is 2.58. The summed E-state index contributed by atoms with van der Waals surface area (Å²) in [6.07, 6.45) is 0.0616. The van der Waals surface area contributed by atoms with E-state index in [0.29, 0.717) is 5.56 Å². The quantitative estimate of drug-likeness (QED) is 0.378. The number of carbonyl (C=O) groups is 4. The summed E-state index contributed by atoms with van der Waals surface area (Å²) in [6.45, 7) is 8.74. The molecule has 2 atom stereocenters. The summed E-state index contributed by atoms with van der Waals surface area (Å²) in [5.74, 6) is -1.81. The second kappa shape index (κ2) is 13.5. The first-order chi connectivity index (χ1) is 15.1. The Balaban J connectivity index is 2.99. The van der Waals surface area contributed by atoms with Crippen LogP contribution in [0.15, 0.2) is 18.2 Å². The van der Waals surface area contributed by atoms with Gasteiger partial charge in [-0.05, 0) is 31.0 Å². The van der Waals surface area contributed by atoms with Crippen molar-refractivity contribution < 1.29 is 38.1 Å². The average Bonchev–Trinajstić information content (AvgIpc) is 2.77. The van der Waals surface area contributed by atoms with Gasteiger partial charge in [0.1, 0.15) is 12.1 Å². The fraction of sp³-hybridized carbons (Fsp3) is 0.565. The van der Waals surface area contributed by atoms with Crippen molar-refractivity contribution >= 4 is 23.9 Å². The zero-order chi connectivity index (χ0) is 24.3. The van der Waals surface area contributed by atoms with Crippen LogP contribution < -0.4 is 14.8 Å². The summed E-state index contributed by atoms with van der Waals surface area (Å²) >= 11 is 0. The van der Waals surface area contributed by atoms with Gasteiger partial charge >= 0.3 is 23.9 Å². The number of nitrogens with one attached hydrogen (secondary N) is 1. The van der Waals surface area contributed by atoms with E-state index in [1.165, 1.54) is 13.2 Å². The lowest BCUT2D eigenvalue weighted by molar-refractivity contribution is -0.152. The topological polar surface area (TPSA) is 117 Å². The highest BCUT2D eigenvalue weighted by Crippen LogP contribution is 2.30. The molecule has 0 aromatic heterocycles. The summed E-state index contributed by atoms with van der Waals surface area (Å²) in [5.41, 5.74) is 0.648. The summed E-state index contributed by atoms with van der Waals surface area (Å²) in [5, 5.41) is 3.05. The SMILES string of the molecule is CCC(=O)Oc1ccc(C[C@H](NCC(C)OC(=O)C(C)C)C(=O)OC)cc1OC(=O)CC. The summed E-state index contributed by atoms with van der Waals surface area (Å²) in [7, 11) is 1.28. The fourth-order valence-corrected chi connectivity index (χ4v) is 2.53. The molecule has 0 radical (unpaired) electrons. The number of hydrogen-bond acceptors (Lipinski definition) is 9. The van der Waals surface area contributed by atoms with Gasteiger partial charge < -0.3 is 24.3 Å². The molecule has 0 heterocycles. The zero-order valence-electron chi connectivity index (χ0n) is 19.6. The Morgan fingerprint density at radius 3 is 2.03 bits per heavy atom. The highest BCUT2D eigenvalue weighted by Gasteiger charge is 2.23. The van der Waals surface area contributed by atoms with E-state index < -0.39 is 30.1 Å². The van der Waals surface area contributed by atoms with E-state index in [1.807, 2.05) is 0 Å². The van der Waals surface area contributed by atoms with Crippen LogP contribution in [-0.2, 0) is 35.1 Å². The van der Waals surface area contributed by atoms with E-state index in [4.69, 9.17) is 18.9 Å². The van der Waals surface area contributed by atoms with Crippen molar-refractivity contribution in [3.05, 3.63) is 23.8 Å². The van der Waals surface area contributed by atoms with Crippen LogP contribution in [0.5, 0.6) is 11.5 Å². The van der Waals surface area contributed by atoms with Crippen molar-refractivity contribution in [1.29, 1.82) is 0 Å². The van der Waals surface area contributed by atoms with Gasteiger partial charge in [0.15, 0.2) is 11.5 Å². The standard InChI is InChI=1S/C23H33NO8/c1-7-20(25)31-18-10-9-16(12-19(18)32-21(26)8-2)11-17(23(28)29-6)24-13-15(5)30-22(27)14(3)4/h9-10,12,14-15,17,24H,7-8,11,13H2,1-6H3/t15?,17-/m0/s1. The van der Waals surface area contributed by atoms with Gasteiger partial charge in [0.25, 0.3) is 0 Å². The Labute approximate surface area is 188 Å². The van der Waals surface area contributed by atoms with E-state index in [-0.39, 0.29) is 49.2 Å². The van der Waals surface area contributed by atoms with Crippen molar-refractivity contribution in [3.63, 3.8) is 0 Å². The molecule has 178 valence electrons. The molecule has 0 aliphatic heterocycles. The minimum Gasteiger partial charge on any atom is -0.468 e. The van der Waals surface area contributed by atoms with Gasteiger partial charge in [-0.15, -0.1) is 0 Å². The molecular formula is C23H33NO8. The number of methoxy groups -OCH3 is 1. The Bertz CT molecular complexity index is 805. The molecule has 1 unspecified atom stereocenters. The molecule has 1 aromatic rings. The lowest BCUT2D eigenvalue weighted by Crippen LogP contribution is -2.43. The highest BCUT2D eigenvalue weighted by atomic mass is 16.6. The van der Waals surface area contributed by atoms with E-state index in [0.717, 1.165) is 0 Å². The molecule has 0 bridgehead atoms. The van der Waals surface area contributed by atoms with Gasteiger partial charge in [-0.25, -0.2) is 0 Å². The lowest BCUT2D eigenvalue weighted by atomic mass is 10.0. The molecular weight excluding hydrogens is 418 g/mol. The maximum atomic E-state index is 12.3. The van der Waals surface area contributed by atoms with Gasteiger partial charge in [-0.1, -0.05) is 33.8 Å². The van der Waals surface area contributed by atoms with Crippen LogP contribution in [-0.4, -0.2) is 49.7 Å². The van der Waals surface area contributed by atoms with Gasteiger partial charge in [-0.2, -0.15) is 0 Å². The van der Waals surface area contributed by atoms with E-state index in [9.17, 15) is 19.2 Å². The number of benzene rings is 1. The Hall–Kier alpha value is -2.94. The molecule has 0 saturated heterocycles. The molecule has 0 fully saturated rings. The first-order valence-electron chi connectivity index (χ1n) is 10.7. The number of carbonyl (C=O) groups excluding carboxylic acids is 4. The molecule has 1 N–H and O–H groups in total. The van der Waals surface area contributed by atoms with Crippen molar-refractivity contribution in [1.82, 2.24) is 5.32 Å². The van der Waals surface area contributed by atoms with Crippen molar-refractivity contribution in [2.45, 2.75) is 66.0 Å². The molecule has 0 saturated carbocycles. The largest absolute Gasteiger partial charge is 0.468 e. The smallest absolute Gasteiger partial charge is 0.323 e. The first kappa shape index (κ1) is 27.1. The summed E-state index contributed by atoms with van der Waals surface area (Å²) < 4.78 is 20.7. The zero-order valence-corrected chi connectivity index (χ0v) is 19.6. The monoisotopic (exact) mass is 451 g/mol. The third kappa shape index (κ3) is 9.05. The van der Waals surface area contributed by atoms with Crippen LogP contribution >= 0.6 is 0 Å². The number of esters is 4. The fourth-order valence-electron chi connectivity index (χ4n) is 2.53. The van der Waals surface area contributed by atoms with E-state index in [1.54, 1.807) is 46.8 Å². The maximum Gasteiger partial charge on any atom is 0.323 e. The lowest BCUT2D eigenvalue weighted by Gasteiger charge is -2.21. The number of rotatable bonds is 12. The molecule has 0 aliphatic carbocycles. The summed E-state index contributed by atoms with van der Waals surface area (Å²) in [4.78, 5) is 47.5. The molecule has 32 heavy (non-hydrogen) atoms. The van der Waals surface area contributed by atoms with E-state index in [2.05, 4.69) is 5.32 Å². The van der Waals surface area contributed by atoms with Crippen LogP contribution in [0.3, 0.4) is 0 Å². The van der Waals surface area contributed by atoms with Crippen LogP contribution in [0.25, 0.3) is 0 Å². The third-order valence-corrected chi connectivity index (χ3v) is 4.40. The minimum absolute atomic E-state index is 0.0963. The number of ether oxygens (including phenoxy) is 4. The molecule has 0 amide bonds. The van der Waals surface area contributed by atoms with Crippen LogP contribution in [0.1, 0.15) is 53.0 Å². The average molecular weight is 452 g/mol. The van der Waals surface area contributed by atoms with Gasteiger partial charge in [0.2, 0.25) is 0 Å². The second-order valence-electron chi connectivity index (χ2n) is 7.53. The molecule has 1 aromatic carbocycles. The van der Waals surface area contributed by atoms with Crippen LogP contribution in [0.2, 0.25) is 0 Å². The van der Waals surface area contributed by atoms with Crippen molar-refractivity contribution in [2.75, 3.05) is 13.7 Å². The summed E-state index contributed by atoms with van der Waals surface area (Å²) in [6, 6.07) is 3.99. The molecule has 1 rings (SSSR count). The van der Waals surface area contributed by atoms with Gasteiger partial charge in [-0.3, -0.25) is 19.2 Å². The molecule has 0 aliphatic rings. The third-order valence-electron chi connectivity index (χ3n) is 4.40. The molecule has 9 heteroatoms. The molecule has 0 spiro atoms. The molecule has 9 nitrogen and oxygen atoms in total. The highest BCUT2D eigenvalue weighted by molar-refractivity contribution is 5.77. The number of hydrogen-bond donors (Lipinski definition) is 1. The predicted molar refractivity (Wildman–Crippen MR) is 116 cm³/mol. The van der Waals surface area contributed by atoms with Gasteiger partial charge in [0.05, 0.1) is 13.0 Å².